The molecule has 0 saturated heterocycles. The Morgan fingerprint density at radius 1 is 0.920 bits per heavy atom. The van der Waals surface area contributed by atoms with Crippen molar-refractivity contribution in [3.63, 3.8) is 0 Å². The molecule has 0 unspecified atom stereocenters. The average Bonchev–Trinajstić information content (AvgIpc) is 2.63. The molecule has 0 aliphatic heterocycles. The summed E-state index contributed by atoms with van der Waals surface area (Å²) in [4.78, 5) is 0. The van der Waals surface area contributed by atoms with Crippen molar-refractivity contribution in [2.45, 2.75) is 19.6 Å². The van der Waals surface area contributed by atoms with E-state index >= 15 is 0 Å². The molecule has 0 radical (unpaired) electrons. The van der Waals surface area contributed by atoms with Crippen molar-refractivity contribution >= 4 is 11.6 Å². The first-order chi connectivity index (χ1) is 12.1. The van der Waals surface area contributed by atoms with Crippen molar-refractivity contribution < 1.29 is 13.9 Å². The van der Waals surface area contributed by atoms with Crippen molar-refractivity contribution in [1.29, 1.82) is 0 Å². The molecule has 25 heavy (non-hydrogen) atoms. The summed E-state index contributed by atoms with van der Waals surface area (Å²) in [7, 11) is 0. The Morgan fingerprint density at radius 3 is 2.28 bits per heavy atom. The van der Waals surface area contributed by atoms with Gasteiger partial charge in [-0.1, -0.05) is 48.0 Å². The molecule has 3 aromatic rings. The monoisotopic (exact) mass is 356 g/mol. The quantitative estimate of drug-likeness (QED) is 0.498. The highest BCUT2D eigenvalue weighted by Gasteiger charge is 2.09. The van der Waals surface area contributed by atoms with Gasteiger partial charge in [0.25, 0.3) is 0 Å². The number of rotatable bonds is 6. The topological polar surface area (TPSA) is 18.5 Å². The summed E-state index contributed by atoms with van der Waals surface area (Å²) in [5.74, 6) is 0.678. The van der Waals surface area contributed by atoms with Gasteiger partial charge < -0.3 is 9.47 Å². The first kappa shape index (κ1) is 17.5. The Balaban J connectivity index is 1.62. The van der Waals surface area contributed by atoms with E-state index in [1.807, 2.05) is 37.3 Å². The predicted octanol–water partition coefficient (Wildman–Crippen LogP) is 6.55. The maximum Gasteiger partial charge on any atom is 0.132 e. The Kier molecular flexibility index (Phi) is 5.69. The highest BCUT2D eigenvalue weighted by atomic mass is 35.5. The Labute approximate surface area is 151 Å². The normalized spacial score (nSPS) is 12.0. The van der Waals surface area contributed by atoms with Gasteiger partial charge in [-0.3, -0.25) is 0 Å². The Morgan fingerprint density at radius 2 is 1.60 bits per heavy atom. The molecule has 0 aromatic heterocycles. The summed E-state index contributed by atoms with van der Waals surface area (Å²) >= 11 is 5.84. The lowest BCUT2D eigenvalue weighted by atomic mass is 10.1. The highest BCUT2D eigenvalue weighted by Crippen LogP contribution is 2.26. The molecule has 0 saturated carbocycles. The summed E-state index contributed by atoms with van der Waals surface area (Å²) in [6, 6.07) is 21.5. The van der Waals surface area contributed by atoms with E-state index in [-0.39, 0.29) is 18.5 Å². The number of hydrogen-bond donors (Lipinski definition) is 0. The van der Waals surface area contributed by atoms with E-state index in [2.05, 4.69) is 0 Å². The fraction of sp³-hybridized carbons (Fsp3) is 0.143. The largest absolute Gasteiger partial charge is 0.457 e. The lowest BCUT2D eigenvalue weighted by molar-refractivity contribution is 0.0508. The molecular formula is C21H18ClFO2. The molecule has 0 spiro atoms. The fourth-order valence-corrected chi connectivity index (χ4v) is 2.51. The molecule has 0 N–H and O–H groups in total. The molecular weight excluding hydrogens is 339 g/mol. The van der Waals surface area contributed by atoms with Gasteiger partial charge in [0.2, 0.25) is 0 Å². The van der Waals surface area contributed by atoms with E-state index in [9.17, 15) is 4.39 Å². The third-order valence-corrected chi connectivity index (χ3v) is 4.08. The van der Waals surface area contributed by atoms with Crippen molar-refractivity contribution in [3.05, 3.63) is 94.8 Å². The lowest BCUT2D eigenvalue weighted by Gasteiger charge is -2.14. The van der Waals surface area contributed by atoms with E-state index in [0.717, 1.165) is 5.56 Å². The molecule has 0 heterocycles. The van der Waals surface area contributed by atoms with Crippen LogP contribution in [-0.4, -0.2) is 0 Å². The van der Waals surface area contributed by atoms with Crippen LogP contribution in [0.2, 0.25) is 5.02 Å². The maximum atomic E-state index is 14.3. The third-order valence-electron chi connectivity index (χ3n) is 3.83. The zero-order chi connectivity index (χ0) is 17.6. The van der Waals surface area contributed by atoms with Gasteiger partial charge in [-0.15, -0.1) is 0 Å². The second-order valence-corrected chi connectivity index (χ2v) is 6.11. The van der Waals surface area contributed by atoms with Crippen LogP contribution in [0.5, 0.6) is 11.5 Å². The fourth-order valence-electron chi connectivity index (χ4n) is 2.38. The average molecular weight is 357 g/mol. The van der Waals surface area contributed by atoms with Crippen LogP contribution in [0.15, 0.2) is 72.8 Å². The molecule has 128 valence electrons. The highest BCUT2D eigenvalue weighted by molar-refractivity contribution is 6.30. The number of benzene rings is 3. The molecule has 0 fully saturated rings. The predicted molar refractivity (Wildman–Crippen MR) is 97.6 cm³/mol. The van der Waals surface area contributed by atoms with Crippen LogP contribution in [0, 0.1) is 5.82 Å². The van der Waals surface area contributed by atoms with Gasteiger partial charge >= 0.3 is 0 Å². The lowest BCUT2D eigenvalue weighted by Crippen LogP contribution is -2.02. The Bertz CT molecular complexity index is 819. The van der Waals surface area contributed by atoms with Crippen LogP contribution in [0.25, 0.3) is 0 Å². The molecule has 3 rings (SSSR count). The van der Waals surface area contributed by atoms with Gasteiger partial charge in [0.1, 0.15) is 17.3 Å². The number of ether oxygens (including phenoxy) is 2. The van der Waals surface area contributed by atoms with Crippen LogP contribution in [-0.2, 0) is 11.3 Å². The Hall–Kier alpha value is -2.36. The second kappa shape index (κ2) is 8.15. The molecule has 0 amide bonds. The minimum Gasteiger partial charge on any atom is -0.457 e. The van der Waals surface area contributed by atoms with Gasteiger partial charge in [0, 0.05) is 16.7 Å². The third kappa shape index (κ3) is 4.81. The molecule has 2 nitrogen and oxygen atoms in total. The van der Waals surface area contributed by atoms with Crippen molar-refractivity contribution in [2.75, 3.05) is 0 Å². The van der Waals surface area contributed by atoms with Gasteiger partial charge in [0.15, 0.2) is 0 Å². The molecule has 4 heteroatoms. The smallest absolute Gasteiger partial charge is 0.132 e. The molecule has 0 aliphatic rings. The van der Waals surface area contributed by atoms with Crippen LogP contribution >= 0.6 is 11.6 Å². The number of hydrogen-bond acceptors (Lipinski definition) is 2. The van der Waals surface area contributed by atoms with E-state index in [0.29, 0.717) is 22.1 Å². The minimum atomic E-state index is -0.355. The van der Waals surface area contributed by atoms with E-state index in [4.69, 9.17) is 21.1 Å². The molecule has 0 bridgehead atoms. The second-order valence-electron chi connectivity index (χ2n) is 5.67. The first-order valence-electron chi connectivity index (χ1n) is 8.00. The van der Waals surface area contributed by atoms with Crippen LogP contribution in [0.3, 0.4) is 0 Å². The van der Waals surface area contributed by atoms with Crippen LogP contribution < -0.4 is 4.74 Å². The van der Waals surface area contributed by atoms with Crippen molar-refractivity contribution in [1.82, 2.24) is 0 Å². The van der Waals surface area contributed by atoms with Gasteiger partial charge in [-0.05, 0) is 42.8 Å². The van der Waals surface area contributed by atoms with Crippen LogP contribution in [0.4, 0.5) is 4.39 Å². The molecule has 0 aliphatic carbocycles. The van der Waals surface area contributed by atoms with Gasteiger partial charge in [-0.25, -0.2) is 4.39 Å². The maximum absolute atomic E-state index is 14.3. The van der Waals surface area contributed by atoms with Crippen molar-refractivity contribution in [2.24, 2.45) is 0 Å². The number of halogens is 2. The van der Waals surface area contributed by atoms with Gasteiger partial charge in [-0.2, -0.15) is 0 Å². The first-order valence-corrected chi connectivity index (χ1v) is 8.38. The van der Waals surface area contributed by atoms with E-state index < -0.39 is 0 Å². The molecule has 3 aromatic carbocycles. The summed E-state index contributed by atoms with van der Waals surface area (Å²) in [6.45, 7) is 2.15. The van der Waals surface area contributed by atoms with E-state index in [1.165, 1.54) is 6.07 Å². The minimum absolute atomic E-state index is 0.106. The summed E-state index contributed by atoms with van der Waals surface area (Å²) in [6.07, 6.45) is -0.106. The zero-order valence-electron chi connectivity index (χ0n) is 13.8. The summed E-state index contributed by atoms with van der Waals surface area (Å²) in [5.41, 5.74) is 1.55. The van der Waals surface area contributed by atoms with Crippen molar-refractivity contribution in [3.8, 4) is 11.5 Å². The van der Waals surface area contributed by atoms with E-state index in [1.54, 1.807) is 36.4 Å². The zero-order valence-corrected chi connectivity index (χ0v) is 14.5. The van der Waals surface area contributed by atoms with Gasteiger partial charge in [0.05, 0.1) is 12.7 Å². The molecule has 1 atom stereocenters. The summed E-state index contributed by atoms with van der Waals surface area (Å²) in [5, 5.41) is 0.624. The SMILES string of the molecule is C[C@H](OCc1ccc(Oc2ccc(Cl)cc2)cc1F)c1ccccc1. The van der Waals surface area contributed by atoms with Crippen LogP contribution in [0.1, 0.15) is 24.2 Å². The summed E-state index contributed by atoms with van der Waals surface area (Å²) < 4.78 is 25.7. The standard InChI is InChI=1S/C21H18ClFO2/c1-15(16-5-3-2-4-6-16)24-14-17-7-10-20(13-21(17)23)25-19-11-8-18(22)9-12-19/h2-13,15H,14H2,1H3/t15-/m0/s1.